The SMILES string of the molecule is CN(C)CCNC(=O)c1cc2c(=O)[nH]c3ccccc3c2n1C. The molecule has 0 aliphatic carbocycles. The number of carbonyl (C=O) groups is 1. The molecule has 23 heavy (non-hydrogen) atoms. The first-order valence-corrected chi connectivity index (χ1v) is 7.52. The van der Waals surface area contributed by atoms with Crippen LogP contribution in [0.5, 0.6) is 0 Å². The number of aromatic amines is 1. The van der Waals surface area contributed by atoms with Crippen LogP contribution in [0.2, 0.25) is 0 Å². The summed E-state index contributed by atoms with van der Waals surface area (Å²) in [5.41, 5.74) is 1.86. The Hall–Kier alpha value is -2.60. The number of hydrogen-bond donors (Lipinski definition) is 2. The van der Waals surface area contributed by atoms with Gasteiger partial charge in [-0.3, -0.25) is 9.59 Å². The molecule has 3 aromatic rings. The standard InChI is InChI=1S/C17H20N4O2/c1-20(2)9-8-18-17(23)14-10-12-15(21(14)3)11-6-4-5-7-13(11)19-16(12)22/h4-7,10H,8-9H2,1-3H3,(H,18,23)(H,19,22). The number of nitrogens with one attached hydrogen (secondary N) is 2. The Morgan fingerprint density at radius 1 is 1.26 bits per heavy atom. The lowest BCUT2D eigenvalue weighted by atomic mass is 10.1. The van der Waals surface area contributed by atoms with E-state index in [1.54, 1.807) is 10.6 Å². The van der Waals surface area contributed by atoms with Gasteiger partial charge in [-0.05, 0) is 26.2 Å². The molecule has 0 bridgehead atoms. The highest BCUT2D eigenvalue weighted by Gasteiger charge is 2.17. The molecule has 0 spiro atoms. The summed E-state index contributed by atoms with van der Waals surface area (Å²) in [5.74, 6) is -0.172. The number of likely N-dealkylation sites (N-methyl/N-ethyl adjacent to an activating group) is 1. The predicted octanol–water partition coefficient (Wildman–Crippen LogP) is 1.31. The summed E-state index contributed by atoms with van der Waals surface area (Å²) in [6.07, 6.45) is 0. The zero-order chi connectivity index (χ0) is 16.6. The van der Waals surface area contributed by atoms with Gasteiger partial charge < -0.3 is 19.8 Å². The van der Waals surface area contributed by atoms with E-state index in [9.17, 15) is 9.59 Å². The molecule has 120 valence electrons. The van der Waals surface area contributed by atoms with Crippen molar-refractivity contribution in [2.75, 3.05) is 27.2 Å². The number of aryl methyl sites for hydroxylation is 1. The van der Waals surface area contributed by atoms with Crippen LogP contribution in [-0.2, 0) is 7.05 Å². The van der Waals surface area contributed by atoms with Gasteiger partial charge in [0.2, 0.25) is 0 Å². The van der Waals surface area contributed by atoms with Crippen molar-refractivity contribution in [3.05, 3.63) is 46.4 Å². The first-order chi connectivity index (χ1) is 11.0. The summed E-state index contributed by atoms with van der Waals surface area (Å²) in [6.45, 7) is 1.32. The van der Waals surface area contributed by atoms with Crippen LogP contribution in [0.4, 0.5) is 0 Å². The van der Waals surface area contributed by atoms with E-state index in [2.05, 4.69) is 10.3 Å². The van der Waals surface area contributed by atoms with E-state index in [0.29, 0.717) is 17.6 Å². The first-order valence-electron chi connectivity index (χ1n) is 7.52. The number of benzene rings is 1. The van der Waals surface area contributed by atoms with Crippen molar-refractivity contribution in [3.63, 3.8) is 0 Å². The third kappa shape index (κ3) is 2.73. The minimum atomic E-state index is -0.179. The second-order valence-corrected chi connectivity index (χ2v) is 5.91. The Kier molecular flexibility index (Phi) is 3.92. The Balaban J connectivity index is 2.08. The number of fused-ring (bicyclic) bond motifs is 3. The van der Waals surface area contributed by atoms with Gasteiger partial charge in [-0.25, -0.2) is 0 Å². The van der Waals surface area contributed by atoms with Crippen LogP contribution in [0.1, 0.15) is 10.5 Å². The van der Waals surface area contributed by atoms with Crippen LogP contribution >= 0.6 is 0 Å². The van der Waals surface area contributed by atoms with Crippen molar-refractivity contribution in [2.24, 2.45) is 7.05 Å². The van der Waals surface area contributed by atoms with Gasteiger partial charge in [0.25, 0.3) is 11.5 Å². The smallest absolute Gasteiger partial charge is 0.267 e. The molecule has 0 aliphatic heterocycles. The third-order valence-corrected chi connectivity index (χ3v) is 3.99. The van der Waals surface area contributed by atoms with E-state index in [4.69, 9.17) is 0 Å². The van der Waals surface area contributed by atoms with Gasteiger partial charge in [0.05, 0.1) is 16.4 Å². The third-order valence-electron chi connectivity index (χ3n) is 3.99. The molecule has 0 aliphatic rings. The highest BCUT2D eigenvalue weighted by atomic mass is 16.2. The van der Waals surface area contributed by atoms with Gasteiger partial charge in [-0.1, -0.05) is 18.2 Å². The Bertz CT molecular complexity index is 937. The number of pyridine rings is 1. The van der Waals surface area contributed by atoms with E-state index in [1.807, 2.05) is 50.3 Å². The van der Waals surface area contributed by atoms with Gasteiger partial charge in [0.1, 0.15) is 5.69 Å². The summed E-state index contributed by atoms with van der Waals surface area (Å²) in [4.78, 5) is 29.5. The molecule has 0 saturated heterocycles. The molecule has 1 amide bonds. The van der Waals surface area contributed by atoms with Gasteiger partial charge in [0.15, 0.2) is 0 Å². The quantitative estimate of drug-likeness (QED) is 0.763. The zero-order valence-corrected chi connectivity index (χ0v) is 13.5. The molecule has 2 heterocycles. The fraction of sp³-hybridized carbons (Fsp3) is 0.294. The normalized spacial score (nSPS) is 11.5. The van der Waals surface area contributed by atoms with E-state index >= 15 is 0 Å². The Labute approximate surface area is 133 Å². The first kappa shape index (κ1) is 15.3. The second kappa shape index (κ2) is 5.89. The monoisotopic (exact) mass is 312 g/mol. The largest absolute Gasteiger partial charge is 0.349 e. The molecule has 6 nitrogen and oxygen atoms in total. The van der Waals surface area contributed by atoms with Crippen molar-refractivity contribution in [2.45, 2.75) is 0 Å². The van der Waals surface area contributed by atoms with Gasteiger partial charge in [-0.2, -0.15) is 0 Å². The number of aromatic nitrogens is 2. The second-order valence-electron chi connectivity index (χ2n) is 5.91. The summed E-state index contributed by atoms with van der Waals surface area (Å²) in [6, 6.07) is 9.26. The lowest BCUT2D eigenvalue weighted by Gasteiger charge is -2.11. The van der Waals surface area contributed by atoms with Gasteiger partial charge >= 0.3 is 0 Å². The van der Waals surface area contributed by atoms with E-state index in [-0.39, 0.29) is 11.5 Å². The molecule has 0 unspecified atom stereocenters. The maximum Gasteiger partial charge on any atom is 0.267 e. The van der Waals surface area contributed by atoms with Crippen molar-refractivity contribution >= 4 is 27.7 Å². The highest BCUT2D eigenvalue weighted by Crippen LogP contribution is 2.23. The molecule has 0 radical (unpaired) electrons. The molecule has 6 heteroatoms. The molecular weight excluding hydrogens is 292 g/mol. The van der Waals surface area contributed by atoms with E-state index in [1.165, 1.54) is 0 Å². The topological polar surface area (TPSA) is 70.1 Å². The summed E-state index contributed by atoms with van der Waals surface area (Å²) >= 11 is 0. The number of H-pyrrole nitrogens is 1. The maximum absolute atomic E-state index is 12.4. The predicted molar refractivity (Wildman–Crippen MR) is 91.9 cm³/mol. The molecular formula is C17H20N4O2. The molecule has 2 aromatic heterocycles. The highest BCUT2D eigenvalue weighted by molar-refractivity contribution is 6.07. The lowest BCUT2D eigenvalue weighted by Crippen LogP contribution is -2.32. The van der Waals surface area contributed by atoms with E-state index in [0.717, 1.165) is 23.0 Å². The average molecular weight is 312 g/mol. The Morgan fingerprint density at radius 3 is 2.74 bits per heavy atom. The van der Waals surface area contributed by atoms with Crippen molar-refractivity contribution in [3.8, 4) is 0 Å². The van der Waals surface area contributed by atoms with Crippen LogP contribution in [0.15, 0.2) is 35.1 Å². The van der Waals surface area contributed by atoms with Crippen LogP contribution in [-0.4, -0.2) is 47.5 Å². The lowest BCUT2D eigenvalue weighted by molar-refractivity contribution is 0.0943. The molecule has 3 rings (SSSR count). The average Bonchev–Trinajstić information content (AvgIpc) is 2.86. The number of carbonyl (C=O) groups excluding carboxylic acids is 1. The zero-order valence-electron chi connectivity index (χ0n) is 13.5. The minimum Gasteiger partial charge on any atom is -0.349 e. The summed E-state index contributed by atoms with van der Waals surface area (Å²) in [5, 5.41) is 4.35. The summed E-state index contributed by atoms with van der Waals surface area (Å²) < 4.78 is 1.79. The van der Waals surface area contributed by atoms with Crippen molar-refractivity contribution in [1.29, 1.82) is 0 Å². The van der Waals surface area contributed by atoms with Crippen molar-refractivity contribution in [1.82, 2.24) is 19.8 Å². The van der Waals surface area contributed by atoms with Crippen LogP contribution in [0, 0.1) is 0 Å². The Morgan fingerprint density at radius 2 is 2.00 bits per heavy atom. The molecule has 0 fully saturated rings. The molecule has 1 aromatic carbocycles. The number of hydrogen-bond acceptors (Lipinski definition) is 3. The molecule has 2 N–H and O–H groups in total. The van der Waals surface area contributed by atoms with Crippen LogP contribution in [0.3, 0.4) is 0 Å². The fourth-order valence-corrected chi connectivity index (χ4v) is 2.79. The number of rotatable bonds is 4. The van der Waals surface area contributed by atoms with Gasteiger partial charge in [0, 0.05) is 25.5 Å². The molecule has 0 saturated carbocycles. The van der Waals surface area contributed by atoms with E-state index < -0.39 is 0 Å². The van der Waals surface area contributed by atoms with Crippen LogP contribution in [0.25, 0.3) is 21.8 Å². The molecule has 0 atom stereocenters. The maximum atomic E-state index is 12.4. The summed E-state index contributed by atoms with van der Waals surface area (Å²) in [7, 11) is 5.72. The van der Waals surface area contributed by atoms with Crippen molar-refractivity contribution < 1.29 is 4.79 Å². The van der Waals surface area contributed by atoms with Crippen LogP contribution < -0.4 is 10.9 Å². The number of nitrogens with zero attached hydrogens (tertiary/aromatic N) is 2. The van der Waals surface area contributed by atoms with Gasteiger partial charge in [-0.15, -0.1) is 0 Å². The number of amides is 1. The fourth-order valence-electron chi connectivity index (χ4n) is 2.79. The number of para-hydroxylation sites is 1. The minimum absolute atomic E-state index is 0.172.